The first-order valence-corrected chi connectivity index (χ1v) is 11.4. The molecule has 2 amide bonds. The number of aromatic nitrogens is 2. The van der Waals surface area contributed by atoms with Gasteiger partial charge in [-0.1, -0.05) is 0 Å². The first-order chi connectivity index (χ1) is 16.5. The number of allylic oxidation sites excluding steroid dienone is 1. The van der Waals surface area contributed by atoms with Crippen LogP contribution in [-0.2, 0) is 44.2 Å². The molecule has 188 valence electrons. The third-order valence-corrected chi connectivity index (χ3v) is 6.88. The van der Waals surface area contributed by atoms with E-state index in [1.807, 2.05) is 0 Å². The molecule has 5 N–H and O–H groups in total. The SMILES string of the molecule is C/C(OCC(=O)O)=C(/C(=O)N[C@@H]1C(=O)N2COC(=O)C[C@H](C(=O)O)C[S@@](=O)[C@H]12)c1nccc(N)n1. The van der Waals surface area contributed by atoms with Gasteiger partial charge >= 0.3 is 17.9 Å². The van der Waals surface area contributed by atoms with E-state index in [9.17, 15) is 33.3 Å². The number of carbonyl (C=O) groups is 5. The van der Waals surface area contributed by atoms with E-state index in [4.69, 9.17) is 20.3 Å². The van der Waals surface area contributed by atoms with Crippen molar-refractivity contribution in [3.8, 4) is 0 Å². The summed E-state index contributed by atoms with van der Waals surface area (Å²) in [4.78, 5) is 68.8. The van der Waals surface area contributed by atoms with Crippen molar-refractivity contribution in [1.29, 1.82) is 0 Å². The Balaban J connectivity index is 1.89. The molecule has 35 heavy (non-hydrogen) atoms. The van der Waals surface area contributed by atoms with E-state index < -0.39 is 83.4 Å². The highest BCUT2D eigenvalue weighted by molar-refractivity contribution is 7.85. The van der Waals surface area contributed by atoms with Crippen LogP contribution < -0.4 is 11.1 Å². The Hall–Kier alpha value is -4.08. The van der Waals surface area contributed by atoms with Gasteiger partial charge in [0.15, 0.2) is 19.2 Å². The van der Waals surface area contributed by atoms with Crippen LogP contribution in [0.3, 0.4) is 0 Å². The molecule has 3 heterocycles. The number of hydrogen-bond acceptors (Lipinski definition) is 11. The molecule has 2 fully saturated rings. The Bertz CT molecular complexity index is 1140. The lowest BCUT2D eigenvalue weighted by Gasteiger charge is -2.45. The van der Waals surface area contributed by atoms with Crippen LogP contribution in [0, 0.1) is 5.92 Å². The minimum Gasteiger partial charge on any atom is -0.486 e. The van der Waals surface area contributed by atoms with Crippen LogP contribution in [0.1, 0.15) is 19.2 Å². The molecule has 15 nitrogen and oxygen atoms in total. The Morgan fingerprint density at radius 3 is 2.69 bits per heavy atom. The number of carbonyl (C=O) groups excluding carboxylic acids is 3. The van der Waals surface area contributed by atoms with Gasteiger partial charge in [-0.3, -0.25) is 28.3 Å². The Morgan fingerprint density at radius 2 is 2.06 bits per heavy atom. The van der Waals surface area contributed by atoms with Gasteiger partial charge in [-0.2, -0.15) is 0 Å². The average Bonchev–Trinajstić information content (AvgIpc) is 2.83. The molecule has 16 heteroatoms. The lowest BCUT2D eigenvalue weighted by atomic mass is 10.1. The van der Waals surface area contributed by atoms with Crippen LogP contribution >= 0.6 is 0 Å². The summed E-state index contributed by atoms with van der Waals surface area (Å²) in [6, 6.07) is -0.0152. The fourth-order valence-electron chi connectivity index (χ4n) is 3.37. The van der Waals surface area contributed by atoms with Gasteiger partial charge < -0.3 is 30.7 Å². The van der Waals surface area contributed by atoms with Crippen molar-refractivity contribution in [2.75, 3.05) is 24.8 Å². The van der Waals surface area contributed by atoms with Crippen LogP contribution in [0.2, 0.25) is 0 Å². The molecule has 0 radical (unpaired) electrons. The second-order valence-electron chi connectivity index (χ2n) is 7.50. The summed E-state index contributed by atoms with van der Waals surface area (Å²) in [5.41, 5.74) is 5.32. The van der Waals surface area contributed by atoms with E-state index in [0.717, 1.165) is 4.90 Å². The van der Waals surface area contributed by atoms with Gasteiger partial charge in [-0.25, -0.2) is 14.8 Å². The number of esters is 1. The zero-order valence-corrected chi connectivity index (χ0v) is 19.0. The van der Waals surface area contributed by atoms with Crippen molar-refractivity contribution < 1.29 is 47.9 Å². The van der Waals surface area contributed by atoms with E-state index in [2.05, 4.69) is 15.3 Å². The number of ether oxygens (including phenoxy) is 2. The second kappa shape index (κ2) is 10.5. The second-order valence-corrected chi connectivity index (χ2v) is 9.08. The topological polar surface area (TPSA) is 228 Å². The Morgan fingerprint density at radius 1 is 1.34 bits per heavy atom. The number of nitrogens with two attached hydrogens (primary N) is 1. The van der Waals surface area contributed by atoms with E-state index in [1.165, 1.54) is 19.2 Å². The highest BCUT2D eigenvalue weighted by Gasteiger charge is 2.53. The molecule has 0 aliphatic carbocycles. The van der Waals surface area contributed by atoms with Crippen molar-refractivity contribution in [3.05, 3.63) is 23.8 Å². The van der Waals surface area contributed by atoms with Gasteiger partial charge in [0.25, 0.3) is 11.8 Å². The number of carboxylic acids is 2. The predicted molar refractivity (Wildman–Crippen MR) is 115 cm³/mol. The van der Waals surface area contributed by atoms with Gasteiger partial charge in [0, 0.05) is 22.7 Å². The zero-order valence-electron chi connectivity index (χ0n) is 18.2. The van der Waals surface area contributed by atoms with Crippen LogP contribution in [0.5, 0.6) is 0 Å². The fraction of sp³-hybridized carbons (Fsp3) is 0.421. The molecule has 0 saturated carbocycles. The standard InChI is InChI=1S/C19H21N5O10S/c1-8(33-5-11(25)26)13(15-21-3-2-10(20)22-15)16(28)23-14-17(29)24-7-34-12(27)4-9(19(30)31)6-35(32)18(14)24/h2-3,9,14,18H,4-7H2,1H3,(H,23,28)(H,25,26)(H,30,31)(H2,20,21,22)/b13-8-/t9-,14+,18+,35+/m0/s1. The van der Waals surface area contributed by atoms with Crippen LogP contribution in [0.15, 0.2) is 18.0 Å². The summed E-state index contributed by atoms with van der Waals surface area (Å²) in [7, 11) is -1.98. The quantitative estimate of drug-likeness (QED) is 0.133. The zero-order chi connectivity index (χ0) is 25.9. The van der Waals surface area contributed by atoms with Crippen molar-refractivity contribution in [3.63, 3.8) is 0 Å². The number of nitrogens with zero attached hydrogens (tertiary/aromatic N) is 3. The van der Waals surface area contributed by atoms with Gasteiger partial charge in [-0.15, -0.1) is 0 Å². The smallest absolute Gasteiger partial charge is 0.341 e. The highest BCUT2D eigenvalue weighted by atomic mass is 32.2. The molecule has 2 aliphatic heterocycles. The van der Waals surface area contributed by atoms with E-state index in [0.29, 0.717) is 0 Å². The molecule has 3 rings (SSSR count). The largest absolute Gasteiger partial charge is 0.486 e. The summed E-state index contributed by atoms with van der Waals surface area (Å²) in [6.45, 7) is -0.0570. The van der Waals surface area contributed by atoms with Gasteiger partial charge in [0.05, 0.1) is 12.3 Å². The molecular formula is C19H21N5O10S. The van der Waals surface area contributed by atoms with E-state index in [-0.39, 0.29) is 23.0 Å². The van der Waals surface area contributed by atoms with Crippen molar-refractivity contribution in [2.24, 2.45) is 5.92 Å². The normalized spacial score (nSPS) is 24.9. The number of rotatable bonds is 7. The fourth-order valence-corrected chi connectivity index (χ4v) is 5.16. The average molecular weight is 511 g/mol. The van der Waals surface area contributed by atoms with Crippen LogP contribution in [-0.4, -0.2) is 89.5 Å². The van der Waals surface area contributed by atoms with Gasteiger partial charge in [0.1, 0.15) is 28.6 Å². The van der Waals surface area contributed by atoms with Gasteiger partial charge in [0.2, 0.25) is 0 Å². The number of nitrogens with one attached hydrogen (secondary N) is 1. The highest BCUT2D eigenvalue weighted by Crippen LogP contribution is 2.28. The molecule has 0 bridgehead atoms. The monoisotopic (exact) mass is 511 g/mol. The number of hydrogen-bond donors (Lipinski definition) is 4. The number of β-lactam (4-membered cyclic amide) rings is 1. The number of aliphatic carboxylic acids is 2. The molecular weight excluding hydrogens is 490 g/mol. The molecule has 0 aromatic carbocycles. The lowest BCUT2D eigenvalue weighted by molar-refractivity contribution is -0.165. The lowest BCUT2D eigenvalue weighted by Crippen LogP contribution is -2.72. The van der Waals surface area contributed by atoms with Crippen LogP contribution in [0.25, 0.3) is 5.57 Å². The Kier molecular flexibility index (Phi) is 7.63. The number of fused-ring (bicyclic) bond motifs is 1. The number of anilines is 1. The summed E-state index contributed by atoms with van der Waals surface area (Å²) in [5, 5.41) is 19.4. The van der Waals surface area contributed by atoms with Crippen molar-refractivity contribution >= 4 is 51.9 Å². The molecule has 0 unspecified atom stereocenters. The molecule has 4 atom stereocenters. The summed E-state index contributed by atoms with van der Waals surface area (Å²) < 4.78 is 22.9. The van der Waals surface area contributed by atoms with Gasteiger partial charge in [-0.05, 0) is 13.0 Å². The molecule has 1 aromatic rings. The summed E-state index contributed by atoms with van der Waals surface area (Å²) in [6.07, 6.45) is 0.728. The third kappa shape index (κ3) is 5.71. The molecule has 2 saturated heterocycles. The number of nitrogen functional groups attached to an aromatic ring is 1. The summed E-state index contributed by atoms with van der Waals surface area (Å²) in [5.74, 6) is -7.39. The number of carboxylic acid groups (broad SMARTS) is 2. The minimum absolute atomic E-state index is 0.00358. The molecule has 2 aliphatic rings. The number of amides is 2. The van der Waals surface area contributed by atoms with Crippen molar-refractivity contribution in [1.82, 2.24) is 20.2 Å². The Labute approximate surface area is 199 Å². The maximum Gasteiger partial charge on any atom is 0.341 e. The third-order valence-electron chi connectivity index (χ3n) is 5.08. The molecule has 0 spiro atoms. The number of cyclic esters (lactones) is 1. The van der Waals surface area contributed by atoms with E-state index in [1.54, 1.807) is 0 Å². The summed E-state index contributed by atoms with van der Waals surface area (Å²) >= 11 is 0. The van der Waals surface area contributed by atoms with Crippen LogP contribution in [0.4, 0.5) is 5.82 Å². The first kappa shape index (κ1) is 25.5. The minimum atomic E-state index is -1.98. The van der Waals surface area contributed by atoms with Crippen molar-refractivity contribution in [2.45, 2.75) is 24.8 Å². The van der Waals surface area contributed by atoms with E-state index >= 15 is 0 Å². The molecule has 1 aromatic heterocycles. The maximum absolute atomic E-state index is 13.2. The first-order valence-electron chi connectivity index (χ1n) is 10.0. The predicted octanol–water partition coefficient (Wildman–Crippen LogP) is -2.10. The maximum atomic E-state index is 13.2.